The van der Waals surface area contributed by atoms with Crippen LogP contribution in [0.25, 0.3) is 22.0 Å². The largest absolute Gasteiger partial charge is 0.397 e. The first-order chi connectivity index (χ1) is 16.0. The zero-order chi connectivity index (χ0) is 22.8. The zero-order valence-electron chi connectivity index (χ0n) is 18.5. The lowest BCUT2D eigenvalue weighted by Crippen LogP contribution is -2.44. The summed E-state index contributed by atoms with van der Waals surface area (Å²) in [6, 6.07) is 9.47. The highest BCUT2D eigenvalue weighted by Gasteiger charge is 2.17. The summed E-state index contributed by atoms with van der Waals surface area (Å²) in [5.74, 6) is 0.869. The van der Waals surface area contributed by atoms with Gasteiger partial charge in [-0.05, 0) is 37.4 Å². The number of pyridine rings is 4. The summed E-state index contributed by atoms with van der Waals surface area (Å²) < 4.78 is 0. The van der Waals surface area contributed by atoms with Crippen LogP contribution in [0.4, 0.5) is 11.5 Å². The summed E-state index contributed by atoms with van der Waals surface area (Å²) in [5.41, 5.74) is 10.4. The van der Waals surface area contributed by atoms with Crippen molar-refractivity contribution in [2.75, 3.05) is 43.9 Å². The topological polar surface area (TPSA) is 101 Å². The summed E-state index contributed by atoms with van der Waals surface area (Å²) in [7, 11) is 2.12. The molecule has 8 heteroatoms. The number of carbonyl (C=O) groups excluding carboxylic acids is 1. The number of ketones is 1. The van der Waals surface area contributed by atoms with Gasteiger partial charge in [0, 0.05) is 78.7 Å². The van der Waals surface area contributed by atoms with E-state index in [4.69, 9.17) is 5.73 Å². The smallest absolute Gasteiger partial charge is 0.169 e. The third-order valence-corrected chi connectivity index (χ3v) is 5.95. The number of nitrogens with zero attached hydrogens (tertiary/aromatic N) is 6. The minimum atomic E-state index is 0.0174. The summed E-state index contributed by atoms with van der Waals surface area (Å²) in [4.78, 5) is 35.1. The Morgan fingerprint density at radius 3 is 2.58 bits per heavy atom. The van der Waals surface area contributed by atoms with Gasteiger partial charge in [-0.15, -0.1) is 0 Å². The molecule has 0 atom stereocenters. The number of hydrogen-bond donors (Lipinski definition) is 1. The Morgan fingerprint density at radius 1 is 0.939 bits per heavy atom. The van der Waals surface area contributed by atoms with E-state index in [1.54, 1.807) is 37.1 Å². The molecule has 4 aromatic heterocycles. The van der Waals surface area contributed by atoms with Crippen molar-refractivity contribution in [3.8, 4) is 11.1 Å². The van der Waals surface area contributed by atoms with Gasteiger partial charge in [-0.1, -0.05) is 0 Å². The number of Topliss-reactive ketones (excluding diaryl/α,β-unsaturated/α-hetero) is 1. The first kappa shape index (κ1) is 21.0. The second-order valence-electron chi connectivity index (χ2n) is 8.39. The van der Waals surface area contributed by atoms with Crippen molar-refractivity contribution in [2.24, 2.45) is 0 Å². The second kappa shape index (κ2) is 8.91. The minimum absolute atomic E-state index is 0.0174. The molecule has 0 aliphatic carbocycles. The monoisotopic (exact) mass is 439 g/mol. The van der Waals surface area contributed by atoms with Gasteiger partial charge in [0.15, 0.2) is 5.78 Å². The van der Waals surface area contributed by atoms with Gasteiger partial charge >= 0.3 is 0 Å². The maximum Gasteiger partial charge on any atom is 0.169 e. The van der Waals surface area contributed by atoms with E-state index in [2.05, 4.69) is 36.8 Å². The SMILES string of the molecule is CN1CCN(c2cc(C(=O)Cc3cc4cc(-c5cncc(N)c5)cnc4cn3)ccn2)CC1. The average Bonchev–Trinajstić information content (AvgIpc) is 2.84. The van der Waals surface area contributed by atoms with E-state index in [-0.39, 0.29) is 12.2 Å². The van der Waals surface area contributed by atoms with Crippen LogP contribution >= 0.6 is 0 Å². The first-order valence-corrected chi connectivity index (χ1v) is 10.9. The molecular weight excluding hydrogens is 414 g/mol. The van der Waals surface area contributed by atoms with E-state index >= 15 is 0 Å². The Morgan fingerprint density at radius 2 is 1.76 bits per heavy atom. The van der Waals surface area contributed by atoms with Gasteiger partial charge < -0.3 is 15.5 Å². The van der Waals surface area contributed by atoms with Crippen LogP contribution in [0.5, 0.6) is 0 Å². The van der Waals surface area contributed by atoms with Crippen LogP contribution in [-0.2, 0) is 6.42 Å². The first-order valence-electron chi connectivity index (χ1n) is 10.9. The van der Waals surface area contributed by atoms with Crippen molar-refractivity contribution in [1.29, 1.82) is 0 Å². The quantitative estimate of drug-likeness (QED) is 0.474. The molecule has 5 rings (SSSR count). The molecule has 0 unspecified atom stereocenters. The number of nitrogen functional groups attached to an aromatic ring is 1. The van der Waals surface area contributed by atoms with Gasteiger partial charge in [0.05, 0.1) is 23.8 Å². The summed E-state index contributed by atoms with van der Waals surface area (Å²) in [5, 5.41) is 0.917. The second-order valence-corrected chi connectivity index (χ2v) is 8.39. The van der Waals surface area contributed by atoms with Crippen molar-refractivity contribution < 1.29 is 4.79 Å². The van der Waals surface area contributed by atoms with E-state index < -0.39 is 0 Å². The Balaban J connectivity index is 1.36. The predicted molar refractivity (Wildman–Crippen MR) is 129 cm³/mol. The lowest BCUT2D eigenvalue weighted by molar-refractivity contribution is 0.0992. The Labute approximate surface area is 192 Å². The number of carbonyl (C=O) groups is 1. The van der Waals surface area contributed by atoms with Crippen molar-refractivity contribution in [3.63, 3.8) is 0 Å². The summed E-state index contributed by atoms with van der Waals surface area (Å²) >= 11 is 0. The van der Waals surface area contributed by atoms with Crippen molar-refractivity contribution >= 4 is 28.2 Å². The number of nitrogens with two attached hydrogens (primary N) is 1. The Kier molecular flexibility index (Phi) is 5.66. The van der Waals surface area contributed by atoms with E-state index in [1.807, 2.05) is 24.3 Å². The highest BCUT2D eigenvalue weighted by atomic mass is 16.1. The van der Waals surface area contributed by atoms with Crippen molar-refractivity contribution in [1.82, 2.24) is 24.8 Å². The Hall–Kier alpha value is -3.91. The van der Waals surface area contributed by atoms with Crippen LogP contribution < -0.4 is 10.6 Å². The summed E-state index contributed by atoms with van der Waals surface area (Å²) in [6.45, 7) is 3.79. The van der Waals surface area contributed by atoms with Gasteiger partial charge in [-0.2, -0.15) is 0 Å². The van der Waals surface area contributed by atoms with Crippen LogP contribution in [0.3, 0.4) is 0 Å². The molecule has 4 aromatic rings. The molecule has 8 nitrogen and oxygen atoms in total. The van der Waals surface area contributed by atoms with Crippen LogP contribution in [-0.4, -0.2) is 63.8 Å². The molecule has 1 fully saturated rings. The van der Waals surface area contributed by atoms with Crippen molar-refractivity contribution in [2.45, 2.75) is 6.42 Å². The molecule has 1 saturated heterocycles. The number of likely N-dealkylation sites (N-methyl/N-ethyl adjacent to an activating group) is 1. The van der Waals surface area contributed by atoms with Gasteiger partial charge in [-0.25, -0.2) is 4.98 Å². The van der Waals surface area contributed by atoms with Crippen LogP contribution in [0, 0.1) is 0 Å². The third-order valence-electron chi connectivity index (χ3n) is 5.95. The minimum Gasteiger partial charge on any atom is -0.397 e. The molecule has 0 saturated carbocycles. The molecule has 5 heterocycles. The van der Waals surface area contributed by atoms with Crippen molar-refractivity contribution in [3.05, 3.63) is 72.6 Å². The fourth-order valence-electron chi connectivity index (χ4n) is 4.01. The maximum atomic E-state index is 13.0. The summed E-state index contributed by atoms with van der Waals surface area (Å²) in [6.07, 6.45) is 8.78. The molecule has 0 aromatic carbocycles. The molecule has 2 N–H and O–H groups in total. The molecule has 166 valence electrons. The molecule has 1 aliphatic rings. The molecule has 0 amide bonds. The lowest BCUT2D eigenvalue weighted by atomic mass is 10.0. The third kappa shape index (κ3) is 4.65. The number of piperazine rings is 1. The van der Waals surface area contributed by atoms with Gasteiger partial charge in [0.1, 0.15) is 5.82 Å². The average molecular weight is 440 g/mol. The van der Waals surface area contributed by atoms with Crippen LogP contribution in [0.15, 0.2) is 61.3 Å². The number of rotatable bonds is 5. The molecule has 1 aliphatic heterocycles. The fourth-order valence-corrected chi connectivity index (χ4v) is 4.01. The van der Waals surface area contributed by atoms with Gasteiger partial charge in [0.2, 0.25) is 0 Å². The molecule has 0 spiro atoms. The maximum absolute atomic E-state index is 13.0. The standard InChI is InChI=1S/C25H25N7O/c1-31-4-6-32(7-5-31)25-11-17(2-3-28-25)24(33)12-22-10-18-8-19(14-30-23(18)16-29-22)20-9-21(26)15-27-13-20/h2-3,8-11,13-16H,4-7,12,26H2,1H3. The van der Waals surface area contributed by atoms with Gasteiger partial charge in [0.25, 0.3) is 0 Å². The van der Waals surface area contributed by atoms with Gasteiger partial charge in [-0.3, -0.25) is 19.7 Å². The normalized spacial score (nSPS) is 14.5. The van der Waals surface area contributed by atoms with E-state index in [9.17, 15) is 4.79 Å². The number of hydrogen-bond acceptors (Lipinski definition) is 8. The predicted octanol–water partition coefficient (Wildman–Crippen LogP) is 2.85. The molecule has 0 radical (unpaired) electrons. The van der Waals surface area contributed by atoms with Crippen LogP contribution in [0.1, 0.15) is 16.1 Å². The molecule has 0 bridgehead atoms. The molecular formula is C25H25N7O. The highest BCUT2D eigenvalue weighted by Crippen LogP contribution is 2.24. The lowest BCUT2D eigenvalue weighted by Gasteiger charge is -2.33. The fraction of sp³-hybridized carbons (Fsp3) is 0.240. The van der Waals surface area contributed by atoms with E-state index in [0.717, 1.165) is 54.0 Å². The highest BCUT2D eigenvalue weighted by molar-refractivity contribution is 5.98. The zero-order valence-corrected chi connectivity index (χ0v) is 18.5. The number of aromatic nitrogens is 4. The number of anilines is 2. The molecule has 33 heavy (non-hydrogen) atoms. The van der Waals surface area contributed by atoms with Crippen LogP contribution in [0.2, 0.25) is 0 Å². The number of fused-ring (bicyclic) bond motifs is 1. The van der Waals surface area contributed by atoms with E-state index in [0.29, 0.717) is 16.9 Å². The Bertz CT molecular complexity index is 1320. The van der Waals surface area contributed by atoms with E-state index in [1.165, 1.54) is 0 Å².